The Balaban J connectivity index is 1.03. The standard InChI is InChI=1S/C69H91N11O11/c1-41(2)54(35-43(5)65(87)88)79(13)64(86)60(68(6,7)8)77-63(85)59(71-11)69(9,10)51-39-78(12)55-36-45(26-31-50(51)55)37-73-67(90)91-40-44-24-29-49(30-25-44)74-61(83)52(22-18-34-72-66(70)89)75-62(84)58(42(3)4)76-56(81)32-33-57(82)80-38-48-21-15-14-19-46(48)27-28-47-20-16-17-23-53(47)80/h14-17,19-21,23-31,35-36,39,41-42,52,54,58-60,71H,18,22,32-34,37-38,40H2,1-13H3,(H,73,90)(H,74,83)(H,75,84)(H,76,81)(H,77,85)(H,87,88)(H3,70,72,89)/b28-27-,43-35+/t52-,54+,58-,59+,60+/m0/s1. The lowest BCUT2D eigenvalue weighted by Gasteiger charge is -2.39. The monoisotopic (exact) mass is 1250 g/mol. The summed E-state index contributed by atoms with van der Waals surface area (Å²) in [5.74, 6) is -4.29. The molecule has 6 rings (SSSR count). The van der Waals surface area contributed by atoms with E-state index in [1.54, 1.807) is 63.2 Å². The first-order chi connectivity index (χ1) is 42.9. The van der Waals surface area contributed by atoms with E-state index in [0.29, 0.717) is 17.8 Å². The number of nitrogens with zero attached hydrogens (tertiary/aromatic N) is 3. The van der Waals surface area contributed by atoms with Gasteiger partial charge in [0.1, 0.15) is 24.7 Å². The van der Waals surface area contributed by atoms with Crippen LogP contribution in [0, 0.1) is 17.3 Å². The molecule has 22 nitrogen and oxygen atoms in total. The van der Waals surface area contributed by atoms with Crippen molar-refractivity contribution < 1.29 is 53.0 Å². The summed E-state index contributed by atoms with van der Waals surface area (Å²) in [5.41, 5.74) is 10.9. The lowest BCUT2D eigenvalue weighted by atomic mass is 9.76. The highest BCUT2D eigenvalue weighted by Crippen LogP contribution is 2.36. The number of carbonyl (C=O) groups is 9. The summed E-state index contributed by atoms with van der Waals surface area (Å²) in [6, 6.07) is 22.5. The number of urea groups is 1. The maximum Gasteiger partial charge on any atom is 0.407 e. The van der Waals surface area contributed by atoms with Crippen LogP contribution >= 0.6 is 0 Å². The molecular weight excluding hydrogens is 1160 g/mol. The number of alkyl carbamates (subject to hydrolysis) is 1. The number of aromatic nitrogens is 1. The maximum absolute atomic E-state index is 14.4. The van der Waals surface area contributed by atoms with Crippen molar-refractivity contribution >= 4 is 88.0 Å². The SMILES string of the molecule is CN[C@H](C(=O)N[C@H](C(=O)N(C)[C@H](/C=C(\C)C(=O)O)C(C)C)C(C)(C)C)C(C)(C)c1cn(C)c2cc(CNC(=O)OCc3ccc(NC(=O)[C@H](CCCNC(N)=O)NC(=O)[C@@H](NC(=O)CCC(=O)N4Cc5ccccc5/C=C\c5ccccc54)C(C)C)cc3)ccc12. The van der Waals surface area contributed by atoms with Gasteiger partial charge in [-0.05, 0) is 102 Å². The molecule has 0 saturated heterocycles. The lowest BCUT2D eigenvalue weighted by molar-refractivity contribution is -0.141. The largest absolute Gasteiger partial charge is 0.478 e. The number of anilines is 2. The predicted octanol–water partition coefficient (Wildman–Crippen LogP) is 8.03. The van der Waals surface area contributed by atoms with Gasteiger partial charge in [-0.1, -0.05) is 147 Å². The number of likely N-dealkylation sites (N-methyl/N-ethyl adjacent to an activating group) is 2. The Hall–Kier alpha value is -9.31. The smallest absolute Gasteiger partial charge is 0.407 e. The van der Waals surface area contributed by atoms with Gasteiger partial charge in [0.25, 0.3) is 0 Å². The Morgan fingerprint density at radius 1 is 0.758 bits per heavy atom. The summed E-state index contributed by atoms with van der Waals surface area (Å²) in [6.45, 7) is 18.8. The zero-order chi connectivity index (χ0) is 67.1. The van der Waals surface area contributed by atoms with Crippen LogP contribution in [0.15, 0.2) is 109 Å². The van der Waals surface area contributed by atoms with Crippen molar-refractivity contribution in [2.24, 2.45) is 30.0 Å². The second-order valence-corrected chi connectivity index (χ2v) is 25.6. The van der Waals surface area contributed by atoms with Crippen LogP contribution < -0.4 is 47.9 Å². The highest BCUT2D eigenvalue weighted by Gasteiger charge is 2.43. The van der Waals surface area contributed by atoms with E-state index in [-0.39, 0.29) is 74.6 Å². The van der Waals surface area contributed by atoms with E-state index >= 15 is 0 Å². The number of carboxylic acids is 1. The molecule has 1 aromatic heterocycles. The number of nitrogens with two attached hydrogens (primary N) is 1. The minimum atomic E-state index is -1.11. The molecule has 91 heavy (non-hydrogen) atoms. The molecule has 2 heterocycles. The van der Waals surface area contributed by atoms with E-state index in [0.717, 1.165) is 44.4 Å². The van der Waals surface area contributed by atoms with Crippen molar-refractivity contribution in [2.75, 3.05) is 30.9 Å². The van der Waals surface area contributed by atoms with Crippen molar-refractivity contribution in [1.29, 1.82) is 0 Å². The van der Waals surface area contributed by atoms with Gasteiger partial charge in [0.15, 0.2) is 0 Å². The van der Waals surface area contributed by atoms with Gasteiger partial charge >= 0.3 is 18.1 Å². The molecule has 0 fully saturated rings. The van der Waals surface area contributed by atoms with Crippen LogP contribution in [0.1, 0.15) is 128 Å². The summed E-state index contributed by atoms with van der Waals surface area (Å²) < 4.78 is 7.50. The van der Waals surface area contributed by atoms with Gasteiger partial charge in [-0.2, -0.15) is 0 Å². The quantitative estimate of drug-likeness (QED) is 0.0178. The van der Waals surface area contributed by atoms with Gasteiger partial charge in [0, 0.05) is 73.8 Å². The Bertz CT molecular complexity index is 3530. The van der Waals surface area contributed by atoms with Crippen molar-refractivity contribution in [3.05, 3.63) is 142 Å². The third kappa shape index (κ3) is 18.9. The molecule has 0 unspecified atom stereocenters. The first-order valence-corrected chi connectivity index (χ1v) is 30.7. The first kappa shape index (κ1) is 70.8. The fraction of sp³-hybridized carbons (Fsp3) is 0.435. The molecule has 0 spiro atoms. The van der Waals surface area contributed by atoms with Crippen molar-refractivity contribution in [1.82, 2.24) is 41.4 Å². The second-order valence-electron chi connectivity index (χ2n) is 25.6. The minimum Gasteiger partial charge on any atom is -0.478 e. The molecule has 0 bridgehead atoms. The Kier molecular flexibility index (Phi) is 24.4. The van der Waals surface area contributed by atoms with Crippen LogP contribution in [0.4, 0.5) is 21.0 Å². The number of nitrogens with one attached hydrogen (secondary N) is 7. The van der Waals surface area contributed by atoms with Crippen LogP contribution in [0.25, 0.3) is 23.1 Å². The molecule has 10 N–H and O–H groups in total. The maximum atomic E-state index is 14.4. The normalized spacial score (nSPS) is 14.5. The number of hydrogen-bond acceptors (Lipinski definition) is 11. The summed E-state index contributed by atoms with van der Waals surface area (Å²) in [7, 11) is 5.22. The first-order valence-electron chi connectivity index (χ1n) is 30.7. The fourth-order valence-electron chi connectivity index (χ4n) is 11.2. The molecule has 5 aromatic rings. The third-order valence-corrected chi connectivity index (χ3v) is 16.5. The molecular formula is C69H91N11O11. The van der Waals surface area contributed by atoms with E-state index in [4.69, 9.17) is 10.5 Å². The number of primary amides is 1. The number of para-hydroxylation sites is 1. The number of rotatable bonds is 27. The van der Waals surface area contributed by atoms with Crippen LogP contribution in [-0.2, 0) is 70.5 Å². The number of hydrogen-bond donors (Lipinski definition) is 9. The number of ether oxygens (including phenoxy) is 1. The van der Waals surface area contributed by atoms with E-state index in [1.165, 1.54) is 11.8 Å². The topological polar surface area (TPSA) is 305 Å². The number of aryl methyl sites for hydroxylation is 1. The third-order valence-electron chi connectivity index (χ3n) is 16.5. The zero-order valence-corrected chi connectivity index (χ0v) is 54.6. The summed E-state index contributed by atoms with van der Waals surface area (Å²) >= 11 is 0. The van der Waals surface area contributed by atoms with Gasteiger partial charge in [-0.15, -0.1) is 0 Å². The average Bonchev–Trinajstić information content (AvgIpc) is 1.66. The number of benzene rings is 4. The van der Waals surface area contributed by atoms with Crippen LogP contribution in [0.5, 0.6) is 0 Å². The van der Waals surface area contributed by atoms with Gasteiger partial charge in [-0.25, -0.2) is 14.4 Å². The number of carboxylic acid groups (broad SMARTS) is 1. The highest BCUT2D eigenvalue weighted by molar-refractivity contribution is 6.01. The van der Waals surface area contributed by atoms with E-state index in [9.17, 15) is 48.3 Å². The van der Waals surface area contributed by atoms with Gasteiger partial charge < -0.3 is 67.2 Å². The van der Waals surface area contributed by atoms with Gasteiger partial charge in [0.2, 0.25) is 35.4 Å². The molecule has 488 valence electrons. The molecule has 22 heteroatoms. The number of carbonyl (C=O) groups excluding carboxylic acids is 8. The van der Waals surface area contributed by atoms with Crippen molar-refractivity contribution in [2.45, 2.75) is 150 Å². The Morgan fingerprint density at radius 2 is 1.41 bits per heavy atom. The second kappa shape index (κ2) is 31.4. The number of fused-ring (bicyclic) bond motifs is 3. The molecule has 1 aliphatic heterocycles. The highest BCUT2D eigenvalue weighted by atomic mass is 16.5. The van der Waals surface area contributed by atoms with E-state index in [1.807, 2.05) is 145 Å². The zero-order valence-electron chi connectivity index (χ0n) is 54.6. The fourth-order valence-corrected chi connectivity index (χ4v) is 11.2. The molecule has 0 aliphatic carbocycles. The molecule has 0 saturated carbocycles. The van der Waals surface area contributed by atoms with Crippen molar-refractivity contribution in [3.63, 3.8) is 0 Å². The average molecular weight is 1250 g/mol. The number of amides is 9. The van der Waals surface area contributed by atoms with E-state index in [2.05, 4.69) is 37.2 Å². The number of aliphatic carboxylic acids is 1. The summed E-state index contributed by atoms with van der Waals surface area (Å²) in [5, 5.41) is 30.4. The summed E-state index contributed by atoms with van der Waals surface area (Å²) in [6.07, 6.45) is 6.88. The lowest BCUT2D eigenvalue weighted by Crippen LogP contribution is -2.61. The predicted molar refractivity (Wildman–Crippen MR) is 353 cm³/mol. The molecule has 0 radical (unpaired) electrons. The molecule has 9 amide bonds. The van der Waals surface area contributed by atoms with Gasteiger partial charge in [-0.3, -0.25) is 28.8 Å². The molecule has 1 aliphatic rings. The van der Waals surface area contributed by atoms with Crippen LogP contribution in [-0.4, -0.2) is 119 Å². The van der Waals surface area contributed by atoms with E-state index < -0.39 is 82.8 Å². The Labute approximate surface area is 533 Å². The molecule has 4 aromatic carbocycles. The molecule has 5 atom stereocenters. The summed E-state index contributed by atoms with van der Waals surface area (Å²) in [4.78, 5) is 123. The Morgan fingerprint density at radius 3 is 2.04 bits per heavy atom. The van der Waals surface area contributed by atoms with Crippen LogP contribution in [0.3, 0.4) is 0 Å². The minimum absolute atomic E-state index is 0.0964. The van der Waals surface area contributed by atoms with Crippen LogP contribution in [0.2, 0.25) is 0 Å². The van der Waals surface area contributed by atoms with Crippen molar-refractivity contribution in [3.8, 4) is 0 Å². The van der Waals surface area contributed by atoms with Gasteiger partial charge in [0.05, 0.1) is 24.3 Å².